The number of alkyl halides is 3. The summed E-state index contributed by atoms with van der Waals surface area (Å²) in [4.78, 5) is 8.46. The molecule has 0 saturated heterocycles. The van der Waals surface area contributed by atoms with Gasteiger partial charge in [0.15, 0.2) is 0 Å². The number of aromatic nitrogens is 2. The Balaban J connectivity index is 1.57. The lowest BCUT2D eigenvalue weighted by atomic mass is 9.83. The highest BCUT2D eigenvalue weighted by atomic mass is 19.4. The Bertz CT molecular complexity index is 1080. The zero-order chi connectivity index (χ0) is 21.8. The summed E-state index contributed by atoms with van der Waals surface area (Å²) >= 11 is 0. The standard InChI is InChI=1S/C24H20F3N3O/c25-24(26,27)19-10-8-18(9-11-19)22-14-23(29-15-28-22)30-21-5-1-4-17-7-6-16(3-2-12-31)13-20(17)21/h2-3,5,8-11,14-16,31H,6-7,12-13H2,(H,28,29,30)/b3-2+. The van der Waals surface area contributed by atoms with Gasteiger partial charge in [0.2, 0.25) is 0 Å². The van der Waals surface area contributed by atoms with E-state index in [1.54, 1.807) is 12.1 Å². The van der Waals surface area contributed by atoms with Crippen molar-refractivity contribution < 1.29 is 18.3 Å². The molecule has 158 valence electrons. The molecule has 1 aliphatic rings. The third-order valence-electron chi connectivity index (χ3n) is 5.31. The fraction of sp³-hybridized carbons (Fsp3) is 0.250. The van der Waals surface area contributed by atoms with Crippen molar-refractivity contribution in [3.8, 4) is 11.3 Å². The number of aliphatic hydroxyl groups is 1. The van der Waals surface area contributed by atoms with Crippen LogP contribution in [0.5, 0.6) is 0 Å². The van der Waals surface area contributed by atoms with Gasteiger partial charge < -0.3 is 10.4 Å². The maximum Gasteiger partial charge on any atom is 0.416 e. The summed E-state index contributed by atoms with van der Waals surface area (Å²) in [6.45, 7) is 0.0246. The van der Waals surface area contributed by atoms with Crippen molar-refractivity contribution in [1.29, 1.82) is 0 Å². The quantitative estimate of drug-likeness (QED) is 0.557. The molecule has 1 unspecified atom stereocenters. The lowest BCUT2D eigenvalue weighted by Gasteiger charge is -2.23. The minimum atomic E-state index is -4.37. The van der Waals surface area contributed by atoms with Crippen molar-refractivity contribution in [2.75, 3.05) is 11.9 Å². The molecule has 0 spiro atoms. The molecule has 1 heterocycles. The molecule has 4 rings (SSSR count). The van der Waals surface area contributed by atoms with Gasteiger partial charge in [0.25, 0.3) is 0 Å². The van der Waals surface area contributed by atoms with Crippen LogP contribution in [0.4, 0.5) is 24.7 Å². The van der Waals surface area contributed by atoms with Gasteiger partial charge in [0.1, 0.15) is 12.1 Å². The zero-order valence-corrected chi connectivity index (χ0v) is 16.6. The van der Waals surface area contributed by atoms with E-state index >= 15 is 0 Å². The van der Waals surface area contributed by atoms with E-state index in [9.17, 15) is 13.2 Å². The summed E-state index contributed by atoms with van der Waals surface area (Å²) in [5.41, 5.74) is 3.50. The minimum absolute atomic E-state index is 0.0246. The van der Waals surface area contributed by atoms with E-state index in [1.807, 2.05) is 12.1 Å². The fourth-order valence-electron chi connectivity index (χ4n) is 3.74. The highest BCUT2D eigenvalue weighted by Crippen LogP contribution is 2.33. The van der Waals surface area contributed by atoms with Gasteiger partial charge in [-0.3, -0.25) is 0 Å². The molecule has 1 aliphatic carbocycles. The topological polar surface area (TPSA) is 58.0 Å². The van der Waals surface area contributed by atoms with Crippen molar-refractivity contribution in [2.45, 2.75) is 25.4 Å². The van der Waals surface area contributed by atoms with Gasteiger partial charge in [-0.05, 0) is 42.9 Å². The average molecular weight is 423 g/mol. The van der Waals surface area contributed by atoms with E-state index in [0.29, 0.717) is 23.0 Å². The Labute approximate surface area is 178 Å². The van der Waals surface area contributed by atoms with Crippen LogP contribution in [0.25, 0.3) is 11.3 Å². The first-order chi connectivity index (χ1) is 14.9. The molecular weight excluding hydrogens is 403 g/mol. The molecule has 0 fully saturated rings. The summed E-state index contributed by atoms with van der Waals surface area (Å²) in [6.07, 6.45) is 3.50. The van der Waals surface area contributed by atoms with Gasteiger partial charge >= 0.3 is 6.18 Å². The lowest BCUT2D eigenvalue weighted by Crippen LogP contribution is -2.14. The molecule has 1 aromatic heterocycles. The summed E-state index contributed by atoms with van der Waals surface area (Å²) in [5.74, 6) is 0.879. The first-order valence-electron chi connectivity index (χ1n) is 9.92. The molecule has 4 nitrogen and oxygen atoms in total. The Morgan fingerprint density at radius 3 is 2.74 bits per heavy atom. The van der Waals surface area contributed by atoms with E-state index in [2.05, 4.69) is 27.4 Å². The van der Waals surface area contributed by atoms with Crippen molar-refractivity contribution >= 4 is 11.5 Å². The molecule has 31 heavy (non-hydrogen) atoms. The van der Waals surface area contributed by atoms with E-state index in [0.717, 1.165) is 48.2 Å². The second kappa shape index (κ2) is 8.78. The molecule has 0 amide bonds. The highest BCUT2D eigenvalue weighted by molar-refractivity contribution is 5.67. The van der Waals surface area contributed by atoms with Crippen LogP contribution in [0, 0.1) is 18.1 Å². The molecule has 3 aromatic rings. The van der Waals surface area contributed by atoms with E-state index in [4.69, 9.17) is 5.11 Å². The van der Waals surface area contributed by atoms with Gasteiger partial charge in [-0.2, -0.15) is 13.2 Å². The number of rotatable bonds is 5. The van der Waals surface area contributed by atoms with Crippen LogP contribution in [0.1, 0.15) is 23.1 Å². The van der Waals surface area contributed by atoms with Crippen LogP contribution in [-0.4, -0.2) is 21.7 Å². The minimum Gasteiger partial charge on any atom is -0.392 e. The van der Waals surface area contributed by atoms with Crippen LogP contribution >= 0.6 is 0 Å². The van der Waals surface area contributed by atoms with Gasteiger partial charge in [0.05, 0.1) is 23.6 Å². The number of benzene rings is 1. The number of halogens is 3. The van der Waals surface area contributed by atoms with E-state index < -0.39 is 11.7 Å². The number of nitrogens with one attached hydrogen (secondary N) is 1. The average Bonchev–Trinajstić information content (AvgIpc) is 2.78. The van der Waals surface area contributed by atoms with Gasteiger partial charge in [0, 0.05) is 23.3 Å². The van der Waals surface area contributed by atoms with Crippen molar-refractivity contribution in [3.05, 3.63) is 83.7 Å². The number of fused-ring (bicyclic) bond motifs is 1. The Hall–Kier alpha value is -3.37. The number of anilines is 2. The molecule has 2 aromatic carbocycles. The highest BCUT2D eigenvalue weighted by Gasteiger charge is 2.30. The lowest BCUT2D eigenvalue weighted by molar-refractivity contribution is -0.137. The molecule has 0 bridgehead atoms. The number of hydrogen-bond acceptors (Lipinski definition) is 4. The predicted molar refractivity (Wildman–Crippen MR) is 112 cm³/mol. The van der Waals surface area contributed by atoms with Gasteiger partial charge in [-0.15, -0.1) is 0 Å². The van der Waals surface area contributed by atoms with Crippen LogP contribution in [-0.2, 0) is 19.0 Å². The Kier molecular flexibility index (Phi) is 5.92. The van der Waals surface area contributed by atoms with Crippen molar-refractivity contribution in [1.82, 2.24) is 9.97 Å². The third-order valence-corrected chi connectivity index (χ3v) is 5.31. The summed E-state index contributed by atoms with van der Waals surface area (Å²) in [6, 6.07) is 14.6. The van der Waals surface area contributed by atoms with Crippen LogP contribution in [0.2, 0.25) is 0 Å². The molecule has 0 radical (unpaired) electrons. The third kappa shape index (κ3) is 4.86. The van der Waals surface area contributed by atoms with Crippen molar-refractivity contribution in [3.63, 3.8) is 0 Å². The predicted octanol–water partition coefficient (Wildman–Crippen LogP) is 5.16. The smallest absolute Gasteiger partial charge is 0.392 e. The van der Waals surface area contributed by atoms with E-state index in [-0.39, 0.29) is 6.61 Å². The Morgan fingerprint density at radius 1 is 1.19 bits per heavy atom. The molecule has 7 heteroatoms. The normalized spacial score (nSPS) is 16.1. The van der Waals surface area contributed by atoms with Gasteiger partial charge in [-0.1, -0.05) is 36.4 Å². The molecular formula is C24H20F3N3O. The SMILES string of the molecule is OC/C=C/C1CCc2c#ccc(Nc3cc(-c4ccc(C(F)(F)F)cc4)ncn3)c2C1. The van der Waals surface area contributed by atoms with Gasteiger partial charge in [-0.25, -0.2) is 9.97 Å². The summed E-state index contributed by atoms with van der Waals surface area (Å²) < 4.78 is 38.4. The maximum absolute atomic E-state index is 12.8. The monoisotopic (exact) mass is 423 g/mol. The zero-order valence-electron chi connectivity index (χ0n) is 16.6. The second-order valence-electron chi connectivity index (χ2n) is 7.39. The number of nitrogens with zero attached hydrogens (tertiary/aromatic N) is 2. The van der Waals surface area contributed by atoms with Crippen LogP contribution < -0.4 is 5.32 Å². The number of aliphatic hydroxyl groups excluding tert-OH is 1. The summed E-state index contributed by atoms with van der Waals surface area (Å²) in [7, 11) is 0. The molecule has 2 N–H and O–H groups in total. The first-order valence-corrected chi connectivity index (χ1v) is 9.92. The molecule has 0 saturated carbocycles. The second-order valence-corrected chi connectivity index (χ2v) is 7.39. The van der Waals surface area contributed by atoms with Crippen LogP contribution in [0.15, 0.2) is 54.9 Å². The number of hydrogen-bond donors (Lipinski definition) is 2. The van der Waals surface area contributed by atoms with Crippen molar-refractivity contribution in [2.24, 2.45) is 5.92 Å². The Morgan fingerprint density at radius 2 is 2.00 bits per heavy atom. The largest absolute Gasteiger partial charge is 0.416 e. The summed E-state index contributed by atoms with van der Waals surface area (Å²) in [5, 5.41) is 12.3. The first kappa shape index (κ1) is 20.9. The number of allylic oxidation sites excluding steroid dienone is 1. The maximum atomic E-state index is 12.8. The molecule has 0 aliphatic heterocycles. The van der Waals surface area contributed by atoms with Crippen LogP contribution in [0.3, 0.4) is 0 Å². The van der Waals surface area contributed by atoms with E-state index in [1.165, 1.54) is 18.5 Å². The fourth-order valence-corrected chi connectivity index (χ4v) is 3.74. The molecule has 1 atom stereocenters.